The van der Waals surface area contributed by atoms with Crippen molar-refractivity contribution < 1.29 is 0 Å². The van der Waals surface area contributed by atoms with Crippen molar-refractivity contribution in [3.8, 4) is 0 Å². The Hall–Kier alpha value is -0.806. The summed E-state index contributed by atoms with van der Waals surface area (Å²) in [5.74, 6) is 0. The summed E-state index contributed by atoms with van der Waals surface area (Å²) in [6.45, 7) is 19.9. The minimum absolute atomic E-state index is 1.06. The monoisotopic (exact) mass is 209 g/mol. The Morgan fingerprint density at radius 3 is 1.85 bits per heavy atom. The van der Waals surface area contributed by atoms with Gasteiger partial charge in [0.2, 0.25) is 0 Å². The average Bonchev–Trinajstić information content (AvgIpc) is 2.18. The van der Waals surface area contributed by atoms with E-state index in [9.17, 15) is 0 Å². The molecule has 1 nitrogen and oxygen atoms in total. The number of rotatable bonds is 6. The van der Waals surface area contributed by atoms with Crippen molar-refractivity contribution in [3.05, 3.63) is 49.6 Å². The lowest BCUT2D eigenvalue weighted by atomic mass is 11.1. The highest BCUT2D eigenvalue weighted by molar-refractivity contribution is 6.92. The molecule has 3 heteroatoms. The van der Waals surface area contributed by atoms with E-state index in [0.29, 0.717) is 0 Å². The zero-order chi connectivity index (χ0) is 10.5. The van der Waals surface area contributed by atoms with Gasteiger partial charge in [-0.1, -0.05) is 30.2 Å². The van der Waals surface area contributed by atoms with Crippen molar-refractivity contribution in [2.24, 2.45) is 0 Å². The molecule has 0 N–H and O–H groups in total. The molecule has 0 saturated carbocycles. The Bertz CT molecular complexity index is 215. The Morgan fingerprint density at radius 2 is 1.62 bits per heavy atom. The molecule has 0 radical (unpaired) electrons. The molecule has 0 aliphatic rings. The first-order chi connectivity index (χ1) is 6.05. The summed E-state index contributed by atoms with van der Waals surface area (Å²) in [5, 5.41) is 0. The van der Waals surface area contributed by atoms with E-state index in [4.69, 9.17) is 0 Å². The molecule has 0 bridgehead atoms. The van der Waals surface area contributed by atoms with Gasteiger partial charge in [0.25, 0.3) is 0 Å². The van der Waals surface area contributed by atoms with Crippen LogP contribution in [0.1, 0.15) is 0 Å². The SMILES string of the molecule is C=CN([SiH](C)C=C)[Si](C)(C=C)C=C. The van der Waals surface area contributed by atoms with Crippen molar-refractivity contribution in [1.82, 2.24) is 4.23 Å². The van der Waals surface area contributed by atoms with Gasteiger partial charge in [0.1, 0.15) is 0 Å². The Labute approximate surface area is 84.5 Å². The van der Waals surface area contributed by atoms with E-state index in [2.05, 4.69) is 43.6 Å². The van der Waals surface area contributed by atoms with E-state index in [1.165, 1.54) is 0 Å². The largest absolute Gasteiger partial charge is 0.424 e. The quantitative estimate of drug-likeness (QED) is 0.608. The summed E-state index contributed by atoms with van der Waals surface area (Å²) >= 11 is 0. The predicted octanol–water partition coefficient (Wildman–Crippen LogP) is 2.54. The maximum Gasteiger partial charge on any atom is 0.193 e. The molecule has 0 heterocycles. The van der Waals surface area contributed by atoms with Gasteiger partial charge in [0, 0.05) is 0 Å². The van der Waals surface area contributed by atoms with Crippen LogP contribution in [0, 0.1) is 0 Å². The van der Waals surface area contributed by atoms with Gasteiger partial charge in [-0.3, -0.25) is 0 Å². The molecule has 0 aromatic heterocycles. The predicted molar refractivity (Wildman–Crippen MR) is 67.3 cm³/mol. The second kappa shape index (κ2) is 5.04. The molecule has 0 aliphatic heterocycles. The van der Waals surface area contributed by atoms with Gasteiger partial charge in [-0.25, -0.2) is 0 Å². The smallest absolute Gasteiger partial charge is 0.193 e. The van der Waals surface area contributed by atoms with Crippen LogP contribution in [0.25, 0.3) is 0 Å². The van der Waals surface area contributed by atoms with Crippen LogP contribution in [0.15, 0.2) is 49.6 Å². The molecule has 1 unspecified atom stereocenters. The van der Waals surface area contributed by atoms with Crippen LogP contribution in [0.5, 0.6) is 0 Å². The fourth-order valence-corrected chi connectivity index (χ4v) is 7.21. The number of hydrogen-bond donors (Lipinski definition) is 0. The van der Waals surface area contributed by atoms with Crippen LogP contribution in [0.2, 0.25) is 13.1 Å². The van der Waals surface area contributed by atoms with Gasteiger partial charge in [-0.15, -0.1) is 19.7 Å². The molecular formula is C10H19NSi2. The van der Waals surface area contributed by atoms with Gasteiger partial charge in [-0.05, 0) is 12.7 Å². The maximum atomic E-state index is 3.88. The molecule has 13 heavy (non-hydrogen) atoms. The second-order valence-electron chi connectivity index (χ2n) is 3.20. The summed E-state index contributed by atoms with van der Waals surface area (Å²) < 4.78 is 2.33. The molecule has 1 atom stereocenters. The zero-order valence-corrected chi connectivity index (χ0v) is 10.8. The average molecular weight is 209 g/mol. The van der Waals surface area contributed by atoms with Crippen LogP contribution < -0.4 is 0 Å². The van der Waals surface area contributed by atoms with Crippen LogP contribution in [0.4, 0.5) is 0 Å². The van der Waals surface area contributed by atoms with Crippen molar-refractivity contribution in [2.75, 3.05) is 0 Å². The van der Waals surface area contributed by atoms with Crippen molar-refractivity contribution in [3.63, 3.8) is 0 Å². The Balaban J connectivity index is 4.92. The highest BCUT2D eigenvalue weighted by atomic mass is 28.4. The highest BCUT2D eigenvalue weighted by Gasteiger charge is 2.28. The van der Waals surface area contributed by atoms with Crippen molar-refractivity contribution in [2.45, 2.75) is 13.1 Å². The van der Waals surface area contributed by atoms with Gasteiger partial charge in [0.05, 0.1) is 0 Å². The lowest BCUT2D eigenvalue weighted by Gasteiger charge is -2.37. The third-order valence-corrected chi connectivity index (χ3v) is 9.97. The van der Waals surface area contributed by atoms with Gasteiger partial charge < -0.3 is 4.23 Å². The first-order valence-corrected chi connectivity index (χ1v) is 9.30. The molecule has 0 aromatic carbocycles. The molecule has 0 rings (SSSR count). The summed E-state index contributed by atoms with van der Waals surface area (Å²) in [4.78, 5) is 0. The molecule has 0 spiro atoms. The summed E-state index contributed by atoms with van der Waals surface area (Å²) in [7, 11) is -2.74. The van der Waals surface area contributed by atoms with Gasteiger partial charge in [0.15, 0.2) is 17.2 Å². The summed E-state index contributed by atoms with van der Waals surface area (Å²) in [6, 6.07) is 0. The van der Waals surface area contributed by atoms with E-state index in [-0.39, 0.29) is 0 Å². The van der Waals surface area contributed by atoms with E-state index >= 15 is 0 Å². The van der Waals surface area contributed by atoms with Crippen molar-refractivity contribution in [1.29, 1.82) is 0 Å². The Kier molecular flexibility index (Phi) is 4.73. The van der Waals surface area contributed by atoms with E-state index in [1.54, 1.807) is 0 Å². The molecule has 0 fully saturated rings. The maximum absolute atomic E-state index is 3.88. The molecule has 0 aliphatic carbocycles. The molecule has 72 valence electrons. The third kappa shape index (κ3) is 2.57. The first-order valence-electron chi connectivity index (χ1n) is 4.36. The van der Waals surface area contributed by atoms with E-state index in [1.807, 2.05) is 23.3 Å². The standard InChI is InChI=1S/C10H19NSi2/c1-7-11(12(5)8-2)13(6,9-3)10-4/h7-10,12H,1-4H2,5-6H3. The van der Waals surface area contributed by atoms with Crippen LogP contribution >= 0.6 is 0 Å². The highest BCUT2D eigenvalue weighted by Crippen LogP contribution is 2.15. The fourth-order valence-electron chi connectivity index (χ4n) is 1.21. The third-order valence-electron chi connectivity index (χ3n) is 2.36. The first kappa shape index (κ1) is 12.2. The molecule has 0 amide bonds. The lowest BCUT2D eigenvalue weighted by molar-refractivity contribution is 0.887. The molecule has 0 saturated heterocycles. The lowest BCUT2D eigenvalue weighted by Crippen LogP contribution is -2.51. The zero-order valence-electron chi connectivity index (χ0n) is 8.66. The number of hydrogen-bond acceptors (Lipinski definition) is 1. The summed E-state index contributed by atoms with van der Waals surface area (Å²) in [5.41, 5.74) is 6.09. The van der Waals surface area contributed by atoms with Crippen LogP contribution in [-0.2, 0) is 0 Å². The van der Waals surface area contributed by atoms with Gasteiger partial charge in [-0.2, -0.15) is 0 Å². The van der Waals surface area contributed by atoms with Crippen LogP contribution in [0.3, 0.4) is 0 Å². The fraction of sp³-hybridized carbons (Fsp3) is 0.200. The minimum Gasteiger partial charge on any atom is -0.424 e. The number of nitrogens with zero attached hydrogens (tertiary/aromatic N) is 1. The second-order valence-corrected chi connectivity index (χ2v) is 10.0. The molecular weight excluding hydrogens is 190 g/mol. The molecule has 0 aromatic rings. The van der Waals surface area contributed by atoms with E-state index in [0.717, 1.165) is 0 Å². The Morgan fingerprint density at radius 1 is 1.15 bits per heavy atom. The summed E-state index contributed by atoms with van der Waals surface area (Å²) in [6.07, 6.45) is 1.91. The van der Waals surface area contributed by atoms with Gasteiger partial charge >= 0.3 is 0 Å². The topological polar surface area (TPSA) is 3.24 Å². The van der Waals surface area contributed by atoms with E-state index < -0.39 is 17.2 Å². The minimum atomic E-state index is -1.68. The van der Waals surface area contributed by atoms with Crippen LogP contribution in [-0.4, -0.2) is 21.4 Å². The normalized spacial score (nSPS) is 12.8. The van der Waals surface area contributed by atoms with Crippen molar-refractivity contribution >= 4 is 17.2 Å².